The number of rotatable bonds is 7. The fourth-order valence-corrected chi connectivity index (χ4v) is 5.51. The summed E-state index contributed by atoms with van der Waals surface area (Å²) in [5.41, 5.74) is 4.19. The molecule has 194 valence electrons. The Morgan fingerprint density at radius 2 is 1.53 bits per heavy atom. The molecule has 3 aromatic heterocycles. The van der Waals surface area contributed by atoms with Crippen LogP contribution in [0.1, 0.15) is 42.8 Å². The molecule has 8 nitrogen and oxygen atoms in total. The van der Waals surface area contributed by atoms with Crippen molar-refractivity contribution in [2.75, 3.05) is 36.4 Å². The third-order valence-electron chi connectivity index (χ3n) is 7.52. The minimum absolute atomic E-state index is 0.577. The van der Waals surface area contributed by atoms with Crippen molar-refractivity contribution >= 4 is 17.3 Å². The molecule has 4 aromatic rings. The second kappa shape index (κ2) is 11.2. The predicted molar refractivity (Wildman–Crippen MR) is 151 cm³/mol. The van der Waals surface area contributed by atoms with E-state index >= 15 is 0 Å². The second-order valence-corrected chi connectivity index (χ2v) is 10.2. The first-order chi connectivity index (χ1) is 18.7. The van der Waals surface area contributed by atoms with Crippen molar-refractivity contribution in [3.05, 3.63) is 84.1 Å². The lowest BCUT2D eigenvalue weighted by Crippen LogP contribution is -2.43. The molecule has 38 heavy (non-hydrogen) atoms. The quantitative estimate of drug-likeness (QED) is 0.373. The molecular weight excluding hydrogens is 472 g/mol. The van der Waals surface area contributed by atoms with Gasteiger partial charge in [-0.2, -0.15) is 0 Å². The van der Waals surface area contributed by atoms with Gasteiger partial charge in [0.05, 0.1) is 0 Å². The Labute approximate surface area is 224 Å². The lowest BCUT2D eigenvalue weighted by atomic mass is 10.0. The maximum atomic E-state index is 4.72. The summed E-state index contributed by atoms with van der Waals surface area (Å²) in [5.74, 6) is 2.72. The number of likely N-dealkylation sites (tertiary alicyclic amines) is 1. The van der Waals surface area contributed by atoms with Gasteiger partial charge in [0.25, 0.3) is 0 Å². The molecule has 2 saturated heterocycles. The number of benzene rings is 1. The first kappa shape index (κ1) is 24.4. The third kappa shape index (κ3) is 5.81. The SMILES string of the molecule is Cc1cccc(-c2nccc(Nc3ccnc(Cc4ccc(N5CCC(N6CCCC6)CC5)cc4)n3)n2)n1. The van der Waals surface area contributed by atoms with E-state index in [0.717, 1.165) is 36.3 Å². The second-order valence-electron chi connectivity index (χ2n) is 10.2. The average Bonchev–Trinajstić information content (AvgIpc) is 3.49. The van der Waals surface area contributed by atoms with Crippen molar-refractivity contribution in [1.29, 1.82) is 0 Å². The Balaban J connectivity index is 1.07. The Morgan fingerprint density at radius 1 is 0.789 bits per heavy atom. The molecule has 1 N–H and O–H groups in total. The average molecular weight is 507 g/mol. The van der Waals surface area contributed by atoms with Gasteiger partial charge in [0, 0.05) is 49.3 Å². The Bertz CT molecular complexity index is 1360. The number of nitrogens with zero attached hydrogens (tertiary/aromatic N) is 7. The summed E-state index contributed by atoms with van der Waals surface area (Å²) in [6, 6.07) is 19.2. The summed E-state index contributed by atoms with van der Waals surface area (Å²) in [4.78, 5) is 28.0. The molecule has 0 amide bonds. The zero-order valence-electron chi connectivity index (χ0n) is 21.9. The summed E-state index contributed by atoms with van der Waals surface area (Å²) in [6.45, 7) is 6.83. The molecule has 6 rings (SSSR count). The molecule has 2 aliphatic heterocycles. The zero-order valence-corrected chi connectivity index (χ0v) is 21.9. The number of hydrogen-bond acceptors (Lipinski definition) is 8. The predicted octanol–water partition coefficient (Wildman–Crippen LogP) is 5.04. The van der Waals surface area contributed by atoms with Gasteiger partial charge in [0.15, 0.2) is 5.82 Å². The molecule has 5 heterocycles. The van der Waals surface area contributed by atoms with E-state index in [2.05, 4.69) is 59.3 Å². The van der Waals surface area contributed by atoms with Gasteiger partial charge in [-0.3, -0.25) is 0 Å². The smallest absolute Gasteiger partial charge is 0.180 e. The highest BCUT2D eigenvalue weighted by Crippen LogP contribution is 2.25. The van der Waals surface area contributed by atoms with Crippen LogP contribution in [0.25, 0.3) is 11.5 Å². The van der Waals surface area contributed by atoms with Crippen LogP contribution >= 0.6 is 0 Å². The molecule has 0 atom stereocenters. The summed E-state index contributed by atoms with van der Waals surface area (Å²) in [6.07, 6.45) is 9.47. The van der Waals surface area contributed by atoms with Crippen LogP contribution in [0.3, 0.4) is 0 Å². The summed E-state index contributed by atoms with van der Waals surface area (Å²) < 4.78 is 0. The molecule has 0 aliphatic carbocycles. The number of aromatic nitrogens is 5. The zero-order chi connectivity index (χ0) is 25.7. The maximum absolute atomic E-state index is 4.72. The number of anilines is 3. The van der Waals surface area contributed by atoms with Gasteiger partial charge in [-0.15, -0.1) is 0 Å². The lowest BCUT2D eigenvalue weighted by Gasteiger charge is -2.37. The Hall–Kier alpha value is -3.91. The van der Waals surface area contributed by atoms with Gasteiger partial charge in [-0.25, -0.2) is 24.9 Å². The van der Waals surface area contributed by atoms with Gasteiger partial charge in [-0.1, -0.05) is 18.2 Å². The van der Waals surface area contributed by atoms with E-state index in [4.69, 9.17) is 4.98 Å². The fraction of sp³-hybridized carbons (Fsp3) is 0.367. The van der Waals surface area contributed by atoms with Gasteiger partial charge in [-0.05, 0) is 87.7 Å². The van der Waals surface area contributed by atoms with Gasteiger partial charge < -0.3 is 15.1 Å². The van der Waals surface area contributed by atoms with E-state index in [0.29, 0.717) is 23.9 Å². The summed E-state index contributed by atoms with van der Waals surface area (Å²) >= 11 is 0. The van der Waals surface area contributed by atoms with E-state index in [-0.39, 0.29) is 0 Å². The van der Waals surface area contributed by atoms with Crippen LogP contribution in [-0.4, -0.2) is 62.0 Å². The molecule has 0 unspecified atom stereocenters. The number of piperidine rings is 1. The van der Waals surface area contributed by atoms with Crippen molar-refractivity contribution in [2.24, 2.45) is 0 Å². The normalized spacial score (nSPS) is 16.6. The highest BCUT2D eigenvalue weighted by molar-refractivity contribution is 5.56. The largest absolute Gasteiger partial charge is 0.371 e. The Morgan fingerprint density at radius 3 is 2.29 bits per heavy atom. The number of nitrogens with one attached hydrogen (secondary N) is 1. The Kier molecular flexibility index (Phi) is 7.22. The fourth-order valence-electron chi connectivity index (χ4n) is 5.51. The van der Waals surface area contributed by atoms with E-state index in [1.54, 1.807) is 12.4 Å². The van der Waals surface area contributed by atoms with Gasteiger partial charge >= 0.3 is 0 Å². The van der Waals surface area contributed by atoms with Crippen LogP contribution in [0.2, 0.25) is 0 Å². The van der Waals surface area contributed by atoms with E-state index in [1.165, 1.54) is 50.0 Å². The highest BCUT2D eigenvalue weighted by atomic mass is 15.2. The van der Waals surface area contributed by atoms with Crippen molar-refractivity contribution in [3.8, 4) is 11.5 Å². The van der Waals surface area contributed by atoms with Crippen LogP contribution in [0, 0.1) is 6.92 Å². The first-order valence-corrected chi connectivity index (χ1v) is 13.6. The summed E-state index contributed by atoms with van der Waals surface area (Å²) in [7, 11) is 0. The van der Waals surface area contributed by atoms with Crippen molar-refractivity contribution in [1.82, 2.24) is 29.8 Å². The molecule has 8 heteroatoms. The molecule has 1 aromatic carbocycles. The number of aryl methyl sites for hydroxylation is 1. The monoisotopic (exact) mass is 506 g/mol. The molecule has 2 fully saturated rings. The number of hydrogen-bond donors (Lipinski definition) is 1. The maximum Gasteiger partial charge on any atom is 0.180 e. The van der Waals surface area contributed by atoms with Crippen LogP contribution in [0.4, 0.5) is 17.3 Å². The van der Waals surface area contributed by atoms with Crippen LogP contribution in [-0.2, 0) is 6.42 Å². The standard InChI is InChI=1S/C30H34N8/c1-22-5-4-6-26(33-22)30-32-16-12-28(36-30)34-27-11-15-31-29(35-27)21-23-7-9-24(10-8-23)38-19-13-25(14-20-38)37-17-2-3-18-37/h4-12,15-16,25H,2-3,13-14,17-21H2,1H3,(H,31,32,34,35,36). The minimum Gasteiger partial charge on any atom is -0.371 e. The molecular formula is C30H34N8. The van der Waals surface area contributed by atoms with Crippen LogP contribution < -0.4 is 10.2 Å². The van der Waals surface area contributed by atoms with Crippen LogP contribution in [0.5, 0.6) is 0 Å². The van der Waals surface area contributed by atoms with Crippen molar-refractivity contribution < 1.29 is 0 Å². The van der Waals surface area contributed by atoms with E-state index < -0.39 is 0 Å². The third-order valence-corrected chi connectivity index (χ3v) is 7.52. The lowest BCUT2D eigenvalue weighted by molar-refractivity contribution is 0.208. The van der Waals surface area contributed by atoms with Gasteiger partial charge in [0.2, 0.25) is 0 Å². The molecule has 0 bridgehead atoms. The van der Waals surface area contributed by atoms with Crippen molar-refractivity contribution in [2.45, 2.75) is 45.1 Å². The van der Waals surface area contributed by atoms with Gasteiger partial charge in [0.1, 0.15) is 23.2 Å². The molecule has 0 spiro atoms. The summed E-state index contributed by atoms with van der Waals surface area (Å²) in [5, 5.41) is 3.29. The first-order valence-electron chi connectivity index (χ1n) is 13.6. The van der Waals surface area contributed by atoms with E-state index in [9.17, 15) is 0 Å². The number of pyridine rings is 1. The molecule has 0 radical (unpaired) electrons. The highest BCUT2D eigenvalue weighted by Gasteiger charge is 2.26. The molecule has 0 saturated carbocycles. The molecule has 2 aliphatic rings. The minimum atomic E-state index is 0.577. The van der Waals surface area contributed by atoms with E-state index in [1.807, 2.05) is 37.3 Å². The van der Waals surface area contributed by atoms with Crippen molar-refractivity contribution in [3.63, 3.8) is 0 Å². The topological polar surface area (TPSA) is 83.0 Å². The van der Waals surface area contributed by atoms with Crippen LogP contribution in [0.15, 0.2) is 67.0 Å².